The molecule has 5 unspecified atom stereocenters. The lowest BCUT2D eigenvalue weighted by Crippen LogP contribution is -2.34. The SMILES string of the molecule is CC(C)C1=CC(C2C=CC=CC2)=NC1C1CC=CC2CCC=CC21. The number of hydrogen-bond donors (Lipinski definition) is 0. The summed E-state index contributed by atoms with van der Waals surface area (Å²) in [6.45, 7) is 4.67. The molecular formula is C23H29N. The molecule has 0 amide bonds. The third kappa shape index (κ3) is 2.90. The van der Waals surface area contributed by atoms with Gasteiger partial charge in [0.1, 0.15) is 0 Å². The maximum absolute atomic E-state index is 5.30. The number of aliphatic imine (C=N–C) groups is 1. The van der Waals surface area contributed by atoms with Gasteiger partial charge in [0.15, 0.2) is 0 Å². The van der Waals surface area contributed by atoms with Gasteiger partial charge < -0.3 is 0 Å². The second-order valence-electron chi connectivity index (χ2n) is 8.03. The van der Waals surface area contributed by atoms with Gasteiger partial charge in [0.05, 0.1) is 6.04 Å². The average Bonchev–Trinajstić information content (AvgIpc) is 3.07. The molecule has 0 aromatic rings. The molecule has 0 saturated carbocycles. The highest BCUT2D eigenvalue weighted by Crippen LogP contribution is 2.44. The zero-order chi connectivity index (χ0) is 16.5. The molecule has 1 heteroatoms. The zero-order valence-corrected chi connectivity index (χ0v) is 14.9. The first kappa shape index (κ1) is 15.9. The third-order valence-electron chi connectivity index (χ3n) is 6.18. The molecule has 0 aromatic carbocycles. The van der Waals surface area contributed by atoms with E-state index in [2.05, 4.69) is 68.5 Å². The Bertz CT molecular complexity index is 656. The highest BCUT2D eigenvalue weighted by molar-refractivity contribution is 6.01. The maximum Gasteiger partial charge on any atom is 0.0755 e. The predicted molar refractivity (Wildman–Crippen MR) is 103 cm³/mol. The maximum atomic E-state index is 5.30. The normalized spacial score (nSPS) is 37.5. The quantitative estimate of drug-likeness (QED) is 0.593. The minimum Gasteiger partial charge on any atom is -0.281 e. The van der Waals surface area contributed by atoms with Crippen LogP contribution in [-0.4, -0.2) is 11.8 Å². The number of allylic oxidation sites excluding steroid dienone is 9. The summed E-state index contributed by atoms with van der Waals surface area (Å²) in [5.74, 6) is 3.12. The summed E-state index contributed by atoms with van der Waals surface area (Å²) in [4.78, 5) is 5.30. The lowest BCUT2D eigenvalue weighted by Gasteiger charge is -2.38. The fourth-order valence-corrected chi connectivity index (χ4v) is 4.85. The molecule has 126 valence electrons. The van der Waals surface area contributed by atoms with E-state index in [0.717, 1.165) is 12.3 Å². The van der Waals surface area contributed by atoms with Gasteiger partial charge in [0.2, 0.25) is 0 Å². The van der Waals surface area contributed by atoms with Gasteiger partial charge in [-0.1, -0.05) is 62.5 Å². The van der Waals surface area contributed by atoms with E-state index >= 15 is 0 Å². The van der Waals surface area contributed by atoms with Gasteiger partial charge in [-0.05, 0) is 61.0 Å². The van der Waals surface area contributed by atoms with Gasteiger partial charge in [-0.25, -0.2) is 0 Å². The van der Waals surface area contributed by atoms with Crippen molar-refractivity contribution in [3.05, 3.63) is 60.3 Å². The van der Waals surface area contributed by atoms with Crippen LogP contribution < -0.4 is 0 Å². The van der Waals surface area contributed by atoms with Crippen LogP contribution in [0.4, 0.5) is 0 Å². The molecule has 3 aliphatic carbocycles. The molecule has 5 atom stereocenters. The highest BCUT2D eigenvalue weighted by atomic mass is 14.9. The molecular weight excluding hydrogens is 290 g/mol. The van der Waals surface area contributed by atoms with Crippen molar-refractivity contribution in [3.63, 3.8) is 0 Å². The van der Waals surface area contributed by atoms with Crippen molar-refractivity contribution in [2.75, 3.05) is 0 Å². The standard InChI is InChI=1S/C23H29N/c1-16(2)21-15-22(18-10-4-3-5-11-18)24-23(21)20-14-8-12-17-9-6-7-13-19(17)20/h3-5,7-8,10,12-13,15-20,23H,6,9,11,14H2,1-2H3. The first-order chi connectivity index (χ1) is 11.7. The molecule has 1 aliphatic heterocycles. The molecule has 1 nitrogen and oxygen atoms in total. The Morgan fingerprint density at radius 1 is 1.00 bits per heavy atom. The molecule has 0 aromatic heterocycles. The van der Waals surface area contributed by atoms with E-state index in [9.17, 15) is 0 Å². The van der Waals surface area contributed by atoms with Gasteiger partial charge >= 0.3 is 0 Å². The lowest BCUT2D eigenvalue weighted by molar-refractivity contribution is 0.256. The monoisotopic (exact) mass is 319 g/mol. The van der Waals surface area contributed by atoms with Crippen molar-refractivity contribution in [3.8, 4) is 0 Å². The van der Waals surface area contributed by atoms with E-state index in [4.69, 9.17) is 4.99 Å². The smallest absolute Gasteiger partial charge is 0.0755 e. The van der Waals surface area contributed by atoms with Crippen molar-refractivity contribution < 1.29 is 0 Å². The number of nitrogens with zero attached hydrogens (tertiary/aromatic N) is 1. The molecule has 0 spiro atoms. The Labute approximate surface area is 146 Å². The summed E-state index contributed by atoms with van der Waals surface area (Å²) in [7, 11) is 0. The van der Waals surface area contributed by atoms with Crippen LogP contribution in [0.5, 0.6) is 0 Å². The first-order valence-corrected chi connectivity index (χ1v) is 9.70. The van der Waals surface area contributed by atoms with Crippen LogP contribution in [0, 0.1) is 29.6 Å². The van der Waals surface area contributed by atoms with E-state index < -0.39 is 0 Å². The van der Waals surface area contributed by atoms with Gasteiger partial charge in [-0.2, -0.15) is 0 Å². The van der Waals surface area contributed by atoms with Crippen molar-refractivity contribution in [2.45, 2.75) is 45.6 Å². The van der Waals surface area contributed by atoms with Crippen LogP contribution in [0.1, 0.15) is 39.5 Å². The molecule has 0 fully saturated rings. The van der Waals surface area contributed by atoms with Crippen LogP contribution in [0.25, 0.3) is 0 Å². The zero-order valence-electron chi connectivity index (χ0n) is 14.9. The van der Waals surface area contributed by atoms with Crippen LogP contribution >= 0.6 is 0 Å². The molecule has 4 rings (SSSR count). The van der Waals surface area contributed by atoms with Gasteiger partial charge in [0, 0.05) is 11.6 Å². The van der Waals surface area contributed by atoms with Crippen molar-refractivity contribution in [1.29, 1.82) is 0 Å². The van der Waals surface area contributed by atoms with Crippen molar-refractivity contribution >= 4 is 5.71 Å². The molecule has 0 saturated heterocycles. The highest BCUT2D eigenvalue weighted by Gasteiger charge is 2.39. The third-order valence-corrected chi connectivity index (χ3v) is 6.18. The van der Waals surface area contributed by atoms with E-state index in [1.807, 2.05) is 0 Å². The number of rotatable bonds is 3. The van der Waals surface area contributed by atoms with Crippen LogP contribution in [0.15, 0.2) is 65.2 Å². The van der Waals surface area contributed by atoms with Crippen LogP contribution in [0.3, 0.4) is 0 Å². The summed E-state index contributed by atoms with van der Waals surface area (Å²) in [6, 6.07) is 0.388. The van der Waals surface area contributed by atoms with Crippen molar-refractivity contribution in [1.82, 2.24) is 0 Å². The Balaban J connectivity index is 1.64. The molecule has 24 heavy (non-hydrogen) atoms. The predicted octanol–water partition coefficient (Wildman–Crippen LogP) is 5.68. The second-order valence-corrected chi connectivity index (χ2v) is 8.03. The summed E-state index contributed by atoms with van der Waals surface area (Å²) in [5, 5.41) is 0. The average molecular weight is 319 g/mol. The van der Waals surface area contributed by atoms with Crippen molar-refractivity contribution in [2.24, 2.45) is 34.6 Å². The minimum absolute atomic E-state index is 0.388. The molecule has 4 aliphatic rings. The Morgan fingerprint density at radius 2 is 1.92 bits per heavy atom. The minimum atomic E-state index is 0.388. The van der Waals surface area contributed by atoms with Gasteiger partial charge in [0.25, 0.3) is 0 Å². The topological polar surface area (TPSA) is 12.4 Å². The van der Waals surface area contributed by atoms with Crippen LogP contribution in [0.2, 0.25) is 0 Å². The van der Waals surface area contributed by atoms with E-state index in [-0.39, 0.29) is 0 Å². The second kappa shape index (κ2) is 6.70. The molecule has 0 N–H and O–H groups in total. The number of hydrogen-bond acceptors (Lipinski definition) is 1. The summed E-state index contributed by atoms with van der Waals surface area (Å²) >= 11 is 0. The molecule has 0 bridgehead atoms. The fraction of sp³-hybridized carbons (Fsp3) is 0.522. The summed E-state index contributed by atoms with van der Waals surface area (Å²) in [6.07, 6.45) is 26.0. The lowest BCUT2D eigenvalue weighted by atomic mass is 9.67. The molecule has 1 heterocycles. The van der Waals surface area contributed by atoms with Gasteiger partial charge in [-0.15, -0.1) is 0 Å². The Kier molecular flexibility index (Phi) is 4.43. The Morgan fingerprint density at radius 3 is 2.71 bits per heavy atom. The van der Waals surface area contributed by atoms with Gasteiger partial charge in [-0.3, -0.25) is 4.99 Å². The summed E-state index contributed by atoms with van der Waals surface area (Å²) in [5.41, 5.74) is 2.88. The van der Waals surface area contributed by atoms with E-state index in [0.29, 0.717) is 29.7 Å². The Hall–Kier alpha value is -1.63. The largest absolute Gasteiger partial charge is 0.281 e. The number of fused-ring (bicyclic) bond motifs is 1. The van der Waals surface area contributed by atoms with E-state index in [1.165, 1.54) is 25.0 Å². The first-order valence-electron chi connectivity index (χ1n) is 9.70. The fourth-order valence-electron chi connectivity index (χ4n) is 4.85. The molecule has 0 radical (unpaired) electrons. The van der Waals surface area contributed by atoms with E-state index in [1.54, 1.807) is 5.57 Å². The van der Waals surface area contributed by atoms with Crippen LogP contribution in [-0.2, 0) is 0 Å². The summed E-state index contributed by atoms with van der Waals surface area (Å²) < 4.78 is 0.